The van der Waals surface area contributed by atoms with Crippen molar-refractivity contribution in [1.29, 1.82) is 0 Å². The molecule has 6 heteroatoms. The van der Waals surface area contributed by atoms with Gasteiger partial charge in [0.1, 0.15) is 0 Å². The van der Waals surface area contributed by atoms with Gasteiger partial charge in [-0.25, -0.2) is 0 Å². The number of carboxylic acid groups (broad SMARTS) is 1. The lowest BCUT2D eigenvalue weighted by Gasteiger charge is -2.48. The molecule has 1 rings (SSSR count). The van der Waals surface area contributed by atoms with E-state index in [1.807, 2.05) is 0 Å². The lowest BCUT2D eigenvalue weighted by molar-refractivity contribution is -0.298. The number of hydrogen-bond acceptors (Lipinski definition) is 2. The maximum Gasteiger partial charge on any atom is 0.407 e. The molecule has 0 bridgehead atoms. The van der Waals surface area contributed by atoms with Crippen LogP contribution < -0.4 is 0 Å². The van der Waals surface area contributed by atoms with Crippen LogP contribution in [0.15, 0.2) is 0 Å². The number of halogens is 3. The maximum absolute atomic E-state index is 12.3. The predicted octanol–water partition coefficient (Wildman–Crippen LogP) is 1.02. The van der Waals surface area contributed by atoms with Crippen LogP contribution in [0, 0.1) is 11.3 Å². The molecule has 1 aliphatic rings. The highest BCUT2D eigenvalue weighted by molar-refractivity contribution is 5.78. The second-order valence-electron chi connectivity index (χ2n) is 3.40. The zero-order chi connectivity index (χ0) is 10.4. The van der Waals surface area contributed by atoms with Gasteiger partial charge < -0.3 is 10.2 Å². The lowest BCUT2D eigenvalue weighted by atomic mass is 9.59. The Morgan fingerprint density at radius 2 is 2.00 bits per heavy atom. The molecule has 76 valence electrons. The molecule has 0 spiro atoms. The molecular weight excluding hydrogens is 189 g/mol. The van der Waals surface area contributed by atoms with E-state index in [-0.39, 0.29) is 0 Å². The van der Waals surface area contributed by atoms with E-state index >= 15 is 0 Å². The minimum absolute atomic E-state index is 0.549. The lowest BCUT2D eigenvalue weighted by Crippen LogP contribution is -2.64. The van der Waals surface area contributed by atoms with Crippen molar-refractivity contribution in [3.05, 3.63) is 0 Å². The van der Waals surface area contributed by atoms with Gasteiger partial charge in [0, 0.05) is 0 Å². The molecule has 3 atom stereocenters. The quantitative estimate of drug-likeness (QED) is 0.661. The van der Waals surface area contributed by atoms with E-state index in [0.29, 0.717) is 0 Å². The van der Waals surface area contributed by atoms with Gasteiger partial charge in [0.2, 0.25) is 0 Å². The number of carboxylic acids is 1. The van der Waals surface area contributed by atoms with Crippen molar-refractivity contribution >= 4 is 5.97 Å². The number of rotatable bonds is 1. The van der Waals surface area contributed by atoms with Crippen molar-refractivity contribution in [2.45, 2.75) is 25.6 Å². The molecule has 1 fully saturated rings. The van der Waals surface area contributed by atoms with Gasteiger partial charge in [-0.3, -0.25) is 4.79 Å². The maximum atomic E-state index is 12.3. The second kappa shape index (κ2) is 2.60. The van der Waals surface area contributed by atoms with Crippen LogP contribution in [0.2, 0.25) is 0 Å². The summed E-state index contributed by atoms with van der Waals surface area (Å²) in [6.45, 7) is 1.39. The molecule has 0 aliphatic heterocycles. The van der Waals surface area contributed by atoms with Crippen LogP contribution in [-0.2, 0) is 4.79 Å². The highest BCUT2D eigenvalue weighted by Crippen LogP contribution is 2.55. The Morgan fingerprint density at radius 3 is 2.08 bits per heavy atom. The zero-order valence-electron chi connectivity index (χ0n) is 6.80. The topological polar surface area (TPSA) is 57.5 Å². The van der Waals surface area contributed by atoms with Crippen molar-refractivity contribution in [1.82, 2.24) is 0 Å². The Balaban J connectivity index is 3.00. The molecule has 1 aliphatic carbocycles. The summed E-state index contributed by atoms with van der Waals surface area (Å²) in [7, 11) is 0. The van der Waals surface area contributed by atoms with E-state index in [9.17, 15) is 18.0 Å². The van der Waals surface area contributed by atoms with Gasteiger partial charge in [0.15, 0.2) is 5.41 Å². The van der Waals surface area contributed by atoms with Crippen LogP contribution in [0.1, 0.15) is 13.3 Å². The number of alkyl halides is 3. The van der Waals surface area contributed by atoms with Crippen LogP contribution in [0.25, 0.3) is 0 Å². The van der Waals surface area contributed by atoms with Gasteiger partial charge in [-0.1, -0.05) is 6.92 Å². The van der Waals surface area contributed by atoms with Gasteiger partial charge in [-0.05, 0) is 12.3 Å². The van der Waals surface area contributed by atoms with E-state index in [1.165, 1.54) is 6.92 Å². The number of hydrogen-bond donors (Lipinski definition) is 2. The fraction of sp³-hybridized carbons (Fsp3) is 0.857. The fourth-order valence-electron chi connectivity index (χ4n) is 1.68. The van der Waals surface area contributed by atoms with E-state index < -0.39 is 36.0 Å². The van der Waals surface area contributed by atoms with Crippen LogP contribution in [0.3, 0.4) is 0 Å². The van der Waals surface area contributed by atoms with Crippen molar-refractivity contribution in [3.8, 4) is 0 Å². The Bertz CT molecular complexity index is 238. The third-order valence-electron chi connectivity index (χ3n) is 2.58. The molecule has 3 nitrogen and oxygen atoms in total. The van der Waals surface area contributed by atoms with Crippen LogP contribution in [0.4, 0.5) is 13.2 Å². The van der Waals surface area contributed by atoms with Crippen LogP contribution in [-0.4, -0.2) is 28.5 Å². The first-order valence-corrected chi connectivity index (χ1v) is 3.71. The Labute approximate surface area is 72.2 Å². The molecule has 0 amide bonds. The van der Waals surface area contributed by atoms with E-state index in [0.717, 1.165) is 0 Å². The number of aliphatic carboxylic acids is 1. The highest BCUT2D eigenvalue weighted by atomic mass is 19.4. The summed E-state index contributed by atoms with van der Waals surface area (Å²) in [6.07, 6.45) is -7.26. The zero-order valence-corrected chi connectivity index (χ0v) is 6.80. The first-order chi connectivity index (χ1) is 5.73. The molecule has 0 aromatic rings. The smallest absolute Gasteiger partial charge is 0.407 e. The summed E-state index contributed by atoms with van der Waals surface area (Å²) >= 11 is 0. The van der Waals surface area contributed by atoms with Gasteiger partial charge in [-0.15, -0.1) is 0 Å². The van der Waals surface area contributed by atoms with E-state index in [2.05, 4.69) is 0 Å². The number of aliphatic hydroxyl groups is 1. The number of carbonyl (C=O) groups is 1. The first-order valence-electron chi connectivity index (χ1n) is 3.71. The molecule has 0 aromatic carbocycles. The average molecular weight is 198 g/mol. The molecule has 0 saturated heterocycles. The van der Waals surface area contributed by atoms with E-state index in [1.54, 1.807) is 0 Å². The molecule has 0 heterocycles. The fourth-order valence-corrected chi connectivity index (χ4v) is 1.68. The Hall–Kier alpha value is -0.780. The third kappa shape index (κ3) is 1.12. The van der Waals surface area contributed by atoms with Crippen molar-refractivity contribution in [2.75, 3.05) is 0 Å². The Morgan fingerprint density at radius 1 is 1.54 bits per heavy atom. The van der Waals surface area contributed by atoms with E-state index in [4.69, 9.17) is 10.2 Å². The normalized spacial score (nSPS) is 39.8. The van der Waals surface area contributed by atoms with Crippen LogP contribution in [0.5, 0.6) is 0 Å². The summed E-state index contributed by atoms with van der Waals surface area (Å²) in [6, 6.07) is 0. The SMILES string of the molecule is CC1CC(C(=O)O)(C(F)(F)F)C1O. The van der Waals surface area contributed by atoms with Gasteiger partial charge in [0.05, 0.1) is 6.10 Å². The molecule has 0 aromatic heterocycles. The summed E-state index contributed by atoms with van der Waals surface area (Å²) < 4.78 is 36.9. The summed E-state index contributed by atoms with van der Waals surface area (Å²) in [5.41, 5.74) is -2.94. The minimum Gasteiger partial charge on any atom is -0.481 e. The predicted molar refractivity (Wildman–Crippen MR) is 35.9 cm³/mol. The van der Waals surface area contributed by atoms with Crippen LogP contribution >= 0.6 is 0 Å². The van der Waals surface area contributed by atoms with Gasteiger partial charge in [0.25, 0.3) is 0 Å². The number of aliphatic hydroxyl groups excluding tert-OH is 1. The average Bonchev–Trinajstić information content (AvgIpc) is 1.95. The monoisotopic (exact) mass is 198 g/mol. The minimum atomic E-state index is -4.88. The molecule has 2 N–H and O–H groups in total. The first kappa shape index (κ1) is 10.3. The molecule has 1 saturated carbocycles. The summed E-state index contributed by atoms with van der Waals surface area (Å²) in [5, 5.41) is 17.5. The second-order valence-corrected chi connectivity index (χ2v) is 3.40. The molecule has 13 heavy (non-hydrogen) atoms. The van der Waals surface area contributed by atoms with Gasteiger partial charge >= 0.3 is 12.1 Å². The summed E-state index contributed by atoms with van der Waals surface area (Å²) in [5.74, 6) is -2.61. The largest absolute Gasteiger partial charge is 0.481 e. The van der Waals surface area contributed by atoms with Crippen molar-refractivity contribution < 1.29 is 28.2 Å². The van der Waals surface area contributed by atoms with Crippen molar-refractivity contribution in [3.63, 3.8) is 0 Å². The highest BCUT2D eigenvalue weighted by Gasteiger charge is 2.72. The third-order valence-corrected chi connectivity index (χ3v) is 2.58. The molecular formula is C7H9F3O3. The standard InChI is InChI=1S/C7H9F3O3/c1-3-2-6(4(3)11,5(12)13)7(8,9)10/h3-4,11H,2H2,1H3,(H,12,13). The van der Waals surface area contributed by atoms with Crippen molar-refractivity contribution in [2.24, 2.45) is 11.3 Å². The Kier molecular flexibility index (Phi) is 2.06. The summed E-state index contributed by atoms with van der Waals surface area (Å²) in [4.78, 5) is 10.4. The molecule has 0 radical (unpaired) electrons. The molecule has 3 unspecified atom stereocenters. The van der Waals surface area contributed by atoms with Gasteiger partial charge in [-0.2, -0.15) is 13.2 Å².